The zero-order valence-corrected chi connectivity index (χ0v) is 22.8. The van der Waals surface area contributed by atoms with Crippen molar-refractivity contribution < 1.29 is 28.5 Å². The first-order valence-corrected chi connectivity index (χ1v) is 13.4. The molecule has 0 atom stereocenters. The molecule has 0 fully saturated rings. The molecule has 0 aliphatic carbocycles. The summed E-state index contributed by atoms with van der Waals surface area (Å²) >= 11 is 1.15. The van der Waals surface area contributed by atoms with Crippen molar-refractivity contribution in [3.8, 4) is 34.1 Å². The molecule has 5 aromatic rings. The summed E-state index contributed by atoms with van der Waals surface area (Å²) in [6.45, 7) is 6.53. The first-order chi connectivity index (χ1) is 19.0. The number of benzene rings is 3. The minimum atomic E-state index is -0.425. The van der Waals surface area contributed by atoms with Gasteiger partial charge in [-0.1, -0.05) is 12.1 Å². The average Bonchev–Trinajstić information content (AvgIpc) is 3.65. The Morgan fingerprint density at radius 2 is 1.85 bits per heavy atom. The highest BCUT2D eigenvalue weighted by atomic mass is 32.1. The third-order valence-electron chi connectivity index (χ3n) is 6.50. The molecule has 1 aliphatic rings. The number of rotatable bonds is 8. The van der Waals surface area contributed by atoms with Crippen LogP contribution in [0.1, 0.15) is 36.8 Å². The van der Waals surface area contributed by atoms with Crippen LogP contribution in [0.3, 0.4) is 0 Å². The van der Waals surface area contributed by atoms with E-state index in [2.05, 4.69) is 8.75 Å². The lowest BCUT2D eigenvalue weighted by molar-refractivity contribution is 0.0516. The van der Waals surface area contributed by atoms with Gasteiger partial charge in [0.2, 0.25) is 6.79 Å². The van der Waals surface area contributed by atoms with Crippen LogP contribution in [0.2, 0.25) is 0 Å². The Morgan fingerprint density at radius 3 is 2.64 bits per heavy atom. The topological polar surface area (TPSA) is 93.9 Å². The van der Waals surface area contributed by atoms with Crippen LogP contribution < -0.4 is 18.9 Å². The van der Waals surface area contributed by atoms with E-state index in [0.717, 1.165) is 50.4 Å². The fourth-order valence-corrected chi connectivity index (χ4v) is 5.41. The molecule has 3 aromatic carbocycles. The molecule has 0 saturated heterocycles. The Balaban J connectivity index is 1.64. The quantitative estimate of drug-likeness (QED) is 0.217. The molecule has 0 bridgehead atoms. The third kappa shape index (κ3) is 4.50. The summed E-state index contributed by atoms with van der Waals surface area (Å²) in [4.78, 5) is 13.7. The summed E-state index contributed by atoms with van der Waals surface area (Å²) in [7, 11) is 1.61. The van der Waals surface area contributed by atoms with E-state index in [4.69, 9.17) is 23.7 Å². The van der Waals surface area contributed by atoms with Crippen molar-refractivity contribution in [3.63, 3.8) is 0 Å². The van der Waals surface area contributed by atoms with Crippen LogP contribution in [0.5, 0.6) is 23.0 Å². The summed E-state index contributed by atoms with van der Waals surface area (Å²) < 4.78 is 39.3. The van der Waals surface area contributed by atoms with Crippen molar-refractivity contribution in [2.45, 2.75) is 33.4 Å². The van der Waals surface area contributed by atoms with Crippen LogP contribution in [0.25, 0.3) is 33.1 Å². The highest BCUT2D eigenvalue weighted by Gasteiger charge is 2.28. The molecular formula is C29H27N3O6S. The van der Waals surface area contributed by atoms with Gasteiger partial charge >= 0.3 is 5.97 Å². The summed E-state index contributed by atoms with van der Waals surface area (Å²) in [6.07, 6.45) is -0.0720. The van der Waals surface area contributed by atoms with Crippen LogP contribution in [-0.2, 0) is 11.3 Å². The molecule has 0 amide bonds. The SMILES string of the molecule is CCOC(=O)c1c(-c2ccc3nsnc3c2)c2cc(OC)c(OC(C)C)cc2n1Cc1ccc2c(c1)OCO2. The number of carbonyl (C=O) groups is 1. The lowest BCUT2D eigenvalue weighted by atomic mass is 10.0. The maximum Gasteiger partial charge on any atom is 0.355 e. The standard InChI is InChI=1S/C29H27N3O6S/c1-5-35-29(33)28-27(18-7-8-20-21(11-18)31-39-30-20)19-12-24(34-4)26(38-16(2)3)13-22(19)32(28)14-17-6-9-23-25(10-17)37-15-36-23/h6-13,16H,5,14-15H2,1-4H3. The van der Waals surface area contributed by atoms with Crippen molar-refractivity contribution >= 4 is 39.6 Å². The maximum atomic E-state index is 13.7. The minimum absolute atomic E-state index is 0.0720. The third-order valence-corrected chi connectivity index (χ3v) is 7.06. The predicted molar refractivity (Wildman–Crippen MR) is 148 cm³/mol. The molecule has 0 unspecified atom stereocenters. The van der Waals surface area contributed by atoms with Crippen molar-refractivity contribution in [3.05, 3.63) is 59.8 Å². The van der Waals surface area contributed by atoms with Gasteiger partial charge in [-0.2, -0.15) is 8.75 Å². The van der Waals surface area contributed by atoms with Gasteiger partial charge in [0.05, 0.1) is 37.1 Å². The number of carbonyl (C=O) groups excluding carboxylic acids is 1. The van der Waals surface area contributed by atoms with Crippen molar-refractivity contribution in [1.29, 1.82) is 0 Å². The number of aromatic nitrogens is 3. The fourth-order valence-electron chi connectivity index (χ4n) is 4.89. The summed E-state index contributed by atoms with van der Waals surface area (Å²) in [5.41, 5.74) is 5.29. The molecule has 1 aliphatic heterocycles. The van der Waals surface area contributed by atoms with E-state index in [1.54, 1.807) is 14.0 Å². The largest absolute Gasteiger partial charge is 0.493 e. The van der Waals surface area contributed by atoms with Crippen molar-refractivity contribution in [1.82, 2.24) is 13.3 Å². The molecule has 9 nitrogen and oxygen atoms in total. The van der Waals surface area contributed by atoms with Gasteiger partial charge < -0.3 is 28.3 Å². The van der Waals surface area contributed by atoms with Gasteiger partial charge in [0.25, 0.3) is 0 Å². The van der Waals surface area contributed by atoms with Gasteiger partial charge in [-0.25, -0.2) is 4.79 Å². The fraction of sp³-hybridized carbons (Fsp3) is 0.276. The van der Waals surface area contributed by atoms with E-state index >= 15 is 0 Å². The zero-order valence-electron chi connectivity index (χ0n) is 22.0. The average molecular weight is 546 g/mol. The number of nitrogens with zero attached hydrogens (tertiary/aromatic N) is 3. The lowest BCUT2D eigenvalue weighted by Crippen LogP contribution is -2.14. The molecule has 0 saturated carbocycles. The predicted octanol–water partition coefficient (Wildman–Crippen LogP) is 6.06. The molecule has 0 N–H and O–H groups in total. The molecule has 6 rings (SSSR count). The summed E-state index contributed by atoms with van der Waals surface area (Å²) in [5, 5.41) is 0.828. The summed E-state index contributed by atoms with van der Waals surface area (Å²) in [6, 6.07) is 15.5. The van der Waals surface area contributed by atoms with Crippen LogP contribution in [0.15, 0.2) is 48.5 Å². The van der Waals surface area contributed by atoms with Gasteiger partial charge in [-0.05, 0) is 62.2 Å². The Morgan fingerprint density at radius 1 is 1.03 bits per heavy atom. The number of fused-ring (bicyclic) bond motifs is 3. The second-order valence-electron chi connectivity index (χ2n) is 9.37. The maximum absolute atomic E-state index is 13.7. The smallest absolute Gasteiger partial charge is 0.355 e. The van der Waals surface area contributed by atoms with Gasteiger partial charge in [0.15, 0.2) is 23.0 Å². The van der Waals surface area contributed by atoms with E-state index in [0.29, 0.717) is 35.2 Å². The molecular weight excluding hydrogens is 518 g/mol. The number of hydrogen-bond acceptors (Lipinski definition) is 9. The van der Waals surface area contributed by atoms with E-state index in [1.807, 2.05) is 66.9 Å². The number of hydrogen-bond donors (Lipinski definition) is 0. The summed E-state index contributed by atoms with van der Waals surface area (Å²) in [5.74, 6) is 2.11. The van der Waals surface area contributed by atoms with Gasteiger partial charge in [-0.15, -0.1) is 0 Å². The molecule has 39 heavy (non-hydrogen) atoms. The monoisotopic (exact) mass is 545 g/mol. The molecule has 10 heteroatoms. The normalized spacial score (nSPS) is 12.4. The van der Waals surface area contributed by atoms with Crippen molar-refractivity contribution in [2.24, 2.45) is 0 Å². The van der Waals surface area contributed by atoms with E-state index in [9.17, 15) is 4.79 Å². The molecule has 0 radical (unpaired) electrons. The van der Waals surface area contributed by atoms with Gasteiger partial charge in [0.1, 0.15) is 16.7 Å². The Kier molecular flexibility index (Phi) is 6.48. The molecule has 200 valence electrons. The Labute approximate surface area is 229 Å². The second kappa shape index (κ2) is 10.1. The second-order valence-corrected chi connectivity index (χ2v) is 9.90. The van der Waals surface area contributed by atoms with Gasteiger partial charge in [-0.3, -0.25) is 0 Å². The van der Waals surface area contributed by atoms with Crippen LogP contribution in [0.4, 0.5) is 0 Å². The highest BCUT2D eigenvalue weighted by Crippen LogP contribution is 2.43. The minimum Gasteiger partial charge on any atom is -0.493 e. The number of esters is 1. The molecule has 2 aromatic heterocycles. The lowest BCUT2D eigenvalue weighted by Gasteiger charge is -2.15. The van der Waals surface area contributed by atoms with E-state index in [1.165, 1.54) is 0 Å². The Bertz CT molecular complexity index is 1710. The van der Waals surface area contributed by atoms with Crippen molar-refractivity contribution in [2.75, 3.05) is 20.5 Å². The zero-order chi connectivity index (χ0) is 27.1. The first kappa shape index (κ1) is 25.0. The first-order valence-electron chi connectivity index (χ1n) is 12.7. The Hall–Kier alpha value is -4.31. The molecule has 3 heterocycles. The number of methoxy groups -OCH3 is 1. The van der Waals surface area contributed by atoms with E-state index < -0.39 is 5.97 Å². The number of ether oxygens (including phenoxy) is 5. The van der Waals surface area contributed by atoms with Crippen LogP contribution >= 0.6 is 11.7 Å². The van der Waals surface area contributed by atoms with E-state index in [-0.39, 0.29) is 19.5 Å². The van der Waals surface area contributed by atoms with Crippen LogP contribution in [0, 0.1) is 0 Å². The van der Waals surface area contributed by atoms with Gasteiger partial charge in [0, 0.05) is 23.6 Å². The van der Waals surface area contributed by atoms with Crippen LogP contribution in [-0.4, -0.2) is 45.9 Å². The highest BCUT2D eigenvalue weighted by molar-refractivity contribution is 7.00. The molecule has 0 spiro atoms.